The SMILES string of the molecule is CCOC(=O)C1=C(Nc2ccc(O)cc2)OCC1=O. The highest BCUT2D eigenvalue weighted by Crippen LogP contribution is 2.22. The summed E-state index contributed by atoms with van der Waals surface area (Å²) < 4.78 is 9.94. The smallest absolute Gasteiger partial charge is 0.347 e. The predicted molar refractivity (Wildman–Crippen MR) is 66.3 cm³/mol. The molecule has 0 atom stereocenters. The van der Waals surface area contributed by atoms with Crippen molar-refractivity contribution in [1.29, 1.82) is 0 Å². The third-order valence-electron chi connectivity index (χ3n) is 2.46. The molecule has 2 N–H and O–H groups in total. The molecule has 100 valence electrons. The molecule has 0 fully saturated rings. The minimum absolute atomic E-state index is 0.0779. The van der Waals surface area contributed by atoms with Crippen LogP contribution in [0.5, 0.6) is 5.75 Å². The lowest BCUT2D eigenvalue weighted by molar-refractivity contribution is -0.139. The van der Waals surface area contributed by atoms with Gasteiger partial charge >= 0.3 is 5.97 Å². The van der Waals surface area contributed by atoms with Gasteiger partial charge in [0, 0.05) is 5.69 Å². The number of carbonyl (C=O) groups excluding carboxylic acids is 2. The highest BCUT2D eigenvalue weighted by atomic mass is 16.5. The summed E-state index contributed by atoms with van der Waals surface area (Å²) >= 11 is 0. The number of ether oxygens (including phenoxy) is 2. The highest BCUT2D eigenvalue weighted by Gasteiger charge is 2.32. The largest absolute Gasteiger partial charge is 0.508 e. The molecule has 1 aromatic carbocycles. The summed E-state index contributed by atoms with van der Waals surface area (Å²) in [5, 5.41) is 12.0. The third-order valence-corrected chi connectivity index (χ3v) is 2.46. The first-order valence-electron chi connectivity index (χ1n) is 5.75. The molecule has 0 spiro atoms. The maximum Gasteiger partial charge on any atom is 0.347 e. The molecule has 6 nitrogen and oxygen atoms in total. The Morgan fingerprint density at radius 1 is 1.42 bits per heavy atom. The number of esters is 1. The van der Waals surface area contributed by atoms with Crippen LogP contribution in [-0.2, 0) is 19.1 Å². The van der Waals surface area contributed by atoms with Crippen LogP contribution >= 0.6 is 0 Å². The van der Waals surface area contributed by atoms with Gasteiger partial charge in [-0.3, -0.25) is 4.79 Å². The lowest BCUT2D eigenvalue weighted by Gasteiger charge is -2.08. The Bertz CT molecular complexity index is 532. The van der Waals surface area contributed by atoms with E-state index in [9.17, 15) is 14.7 Å². The van der Waals surface area contributed by atoms with E-state index < -0.39 is 11.8 Å². The first-order valence-corrected chi connectivity index (χ1v) is 5.75. The molecule has 0 radical (unpaired) electrons. The van der Waals surface area contributed by atoms with Crippen molar-refractivity contribution in [3.8, 4) is 5.75 Å². The average Bonchev–Trinajstić information content (AvgIpc) is 2.74. The fraction of sp³-hybridized carbons (Fsp3) is 0.231. The van der Waals surface area contributed by atoms with E-state index in [0.717, 1.165) is 0 Å². The number of ketones is 1. The topological polar surface area (TPSA) is 84.9 Å². The summed E-state index contributed by atoms with van der Waals surface area (Å²) in [6, 6.07) is 6.14. The van der Waals surface area contributed by atoms with Gasteiger partial charge in [-0.25, -0.2) is 4.79 Å². The van der Waals surface area contributed by atoms with Crippen LogP contribution in [0.2, 0.25) is 0 Å². The molecule has 0 saturated heterocycles. The molecule has 0 bridgehead atoms. The molecule has 6 heteroatoms. The maximum atomic E-state index is 11.6. The van der Waals surface area contributed by atoms with E-state index in [1.807, 2.05) is 0 Å². The zero-order chi connectivity index (χ0) is 13.8. The molecule has 0 amide bonds. The van der Waals surface area contributed by atoms with Crippen LogP contribution in [0, 0.1) is 0 Å². The average molecular weight is 263 g/mol. The van der Waals surface area contributed by atoms with Crippen molar-refractivity contribution in [3.63, 3.8) is 0 Å². The maximum absolute atomic E-state index is 11.6. The summed E-state index contributed by atoms with van der Waals surface area (Å²) in [6.45, 7) is 1.66. The van der Waals surface area contributed by atoms with Gasteiger partial charge in [-0.1, -0.05) is 0 Å². The van der Waals surface area contributed by atoms with Gasteiger partial charge in [-0.2, -0.15) is 0 Å². The van der Waals surface area contributed by atoms with Gasteiger partial charge in [-0.05, 0) is 31.2 Å². The number of nitrogens with one attached hydrogen (secondary N) is 1. The van der Waals surface area contributed by atoms with Gasteiger partial charge < -0.3 is 19.9 Å². The second kappa shape index (κ2) is 5.43. The highest BCUT2D eigenvalue weighted by molar-refractivity contribution is 6.19. The molecule has 1 heterocycles. The molecule has 0 saturated carbocycles. The van der Waals surface area contributed by atoms with Crippen LogP contribution < -0.4 is 5.32 Å². The Balaban J connectivity index is 2.22. The second-order valence-electron chi connectivity index (χ2n) is 3.81. The van der Waals surface area contributed by atoms with Gasteiger partial charge in [0.1, 0.15) is 5.75 Å². The quantitative estimate of drug-likeness (QED) is 0.482. The van der Waals surface area contributed by atoms with E-state index in [2.05, 4.69) is 5.32 Å². The first-order chi connectivity index (χ1) is 9.11. The first kappa shape index (κ1) is 12.9. The molecule has 2 rings (SSSR count). The number of hydrogen-bond donors (Lipinski definition) is 2. The van der Waals surface area contributed by atoms with Crippen molar-refractivity contribution >= 4 is 17.4 Å². The van der Waals surface area contributed by atoms with Crippen LogP contribution in [0.15, 0.2) is 35.7 Å². The molecule has 19 heavy (non-hydrogen) atoms. The van der Waals surface area contributed by atoms with Crippen molar-refractivity contribution < 1.29 is 24.2 Å². The third kappa shape index (κ3) is 2.85. The van der Waals surface area contributed by atoms with Crippen LogP contribution in [0.1, 0.15) is 6.92 Å². The van der Waals surface area contributed by atoms with Crippen LogP contribution in [0.3, 0.4) is 0 Å². The monoisotopic (exact) mass is 263 g/mol. The summed E-state index contributed by atoms with van der Waals surface area (Å²) in [6.07, 6.45) is 0. The number of hydrogen-bond acceptors (Lipinski definition) is 6. The molecular weight excluding hydrogens is 250 g/mol. The fourth-order valence-corrected chi connectivity index (χ4v) is 1.59. The number of rotatable bonds is 4. The summed E-state index contributed by atoms with van der Waals surface area (Å²) in [5.74, 6) is -0.922. The Hall–Kier alpha value is -2.50. The predicted octanol–water partition coefficient (Wildman–Crippen LogP) is 1.18. The van der Waals surface area contributed by atoms with Crippen molar-refractivity contribution in [2.45, 2.75) is 6.92 Å². The lowest BCUT2D eigenvalue weighted by atomic mass is 10.2. The number of phenols is 1. The minimum Gasteiger partial charge on any atom is -0.508 e. The van der Waals surface area contributed by atoms with E-state index in [1.165, 1.54) is 12.1 Å². The molecular formula is C13H13NO5. The van der Waals surface area contributed by atoms with Gasteiger partial charge in [0.2, 0.25) is 11.7 Å². The van der Waals surface area contributed by atoms with E-state index in [1.54, 1.807) is 19.1 Å². The molecule has 0 aromatic heterocycles. The molecule has 0 aliphatic carbocycles. The molecule has 0 unspecified atom stereocenters. The Morgan fingerprint density at radius 2 is 2.11 bits per heavy atom. The van der Waals surface area contributed by atoms with Crippen LogP contribution in [0.4, 0.5) is 5.69 Å². The summed E-state index contributed by atoms with van der Waals surface area (Å²) in [7, 11) is 0. The zero-order valence-electron chi connectivity index (χ0n) is 10.3. The van der Waals surface area contributed by atoms with E-state index in [4.69, 9.17) is 9.47 Å². The number of aromatic hydroxyl groups is 1. The number of anilines is 1. The Kier molecular flexibility index (Phi) is 3.70. The summed E-state index contributed by atoms with van der Waals surface area (Å²) in [5.41, 5.74) is 0.472. The van der Waals surface area contributed by atoms with Crippen LogP contribution in [-0.4, -0.2) is 30.1 Å². The van der Waals surface area contributed by atoms with E-state index in [0.29, 0.717) is 5.69 Å². The number of phenolic OH excluding ortho intramolecular Hbond substituents is 1. The van der Waals surface area contributed by atoms with Crippen LogP contribution in [0.25, 0.3) is 0 Å². The number of carbonyl (C=O) groups is 2. The Morgan fingerprint density at radius 3 is 2.74 bits per heavy atom. The van der Waals surface area contributed by atoms with Crippen molar-refractivity contribution in [3.05, 3.63) is 35.7 Å². The normalized spacial score (nSPS) is 14.3. The lowest BCUT2D eigenvalue weighted by Crippen LogP contribution is -2.16. The van der Waals surface area contributed by atoms with Crippen molar-refractivity contribution in [1.82, 2.24) is 0 Å². The molecule has 1 aromatic rings. The van der Waals surface area contributed by atoms with Gasteiger partial charge in [-0.15, -0.1) is 0 Å². The summed E-state index contributed by atoms with van der Waals surface area (Å²) in [4.78, 5) is 23.2. The van der Waals surface area contributed by atoms with E-state index in [-0.39, 0.29) is 30.4 Å². The standard InChI is InChI=1S/C13H13NO5/c1-2-18-13(17)11-10(16)7-19-12(11)14-8-3-5-9(15)6-4-8/h3-6,14-15H,2,7H2,1H3. The number of Topliss-reactive ketones (excluding diaryl/α,β-unsaturated/α-hetero) is 1. The van der Waals surface area contributed by atoms with Gasteiger partial charge in [0.15, 0.2) is 12.2 Å². The number of benzene rings is 1. The van der Waals surface area contributed by atoms with Crippen molar-refractivity contribution in [2.24, 2.45) is 0 Å². The fourth-order valence-electron chi connectivity index (χ4n) is 1.59. The van der Waals surface area contributed by atoms with Crippen molar-refractivity contribution in [2.75, 3.05) is 18.5 Å². The zero-order valence-corrected chi connectivity index (χ0v) is 10.3. The minimum atomic E-state index is -0.703. The van der Waals surface area contributed by atoms with Gasteiger partial charge in [0.05, 0.1) is 6.61 Å². The second-order valence-corrected chi connectivity index (χ2v) is 3.81. The van der Waals surface area contributed by atoms with E-state index >= 15 is 0 Å². The van der Waals surface area contributed by atoms with Gasteiger partial charge in [0.25, 0.3) is 0 Å². The molecule has 1 aliphatic rings. The molecule has 1 aliphatic heterocycles. The Labute approximate surface area is 109 Å².